The first kappa shape index (κ1) is 16.1. The fraction of sp³-hybridized carbons (Fsp3) is 0.188. The first-order valence-corrected chi connectivity index (χ1v) is 8.59. The van der Waals surface area contributed by atoms with Gasteiger partial charge in [-0.1, -0.05) is 6.07 Å². The number of ether oxygens (including phenoxy) is 1. The Balaban J connectivity index is 2.13. The highest BCUT2D eigenvalue weighted by Crippen LogP contribution is 2.38. The van der Waals surface area contributed by atoms with E-state index in [4.69, 9.17) is 15.7 Å². The number of hydrogen-bond donors (Lipinski definition) is 2. The van der Waals surface area contributed by atoms with E-state index in [1.165, 1.54) is 30.3 Å². The number of nitrogens with two attached hydrogens (primary N) is 1. The molecule has 0 fully saturated rings. The molecule has 1 aliphatic heterocycles. The van der Waals surface area contributed by atoms with Crippen LogP contribution in [0.1, 0.15) is 5.56 Å². The second-order valence-electron chi connectivity index (χ2n) is 5.33. The van der Waals surface area contributed by atoms with Crippen LogP contribution in [-0.2, 0) is 10.0 Å². The van der Waals surface area contributed by atoms with Crippen LogP contribution in [-0.4, -0.2) is 32.8 Å². The van der Waals surface area contributed by atoms with E-state index < -0.39 is 16.1 Å². The number of hydrogen-bond acceptors (Lipinski definition) is 6. The van der Waals surface area contributed by atoms with Crippen molar-refractivity contribution in [2.45, 2.75) is 11.0 Å². The molecule has 24 heavy (non-hydrogen) atoms. The zero-order chi connectivity index (χ0) is 17.3. The van der Waals surface area contributed by atoms with Crippen molar-refractivity contribution in [3.63, 3.8) is 0 Å². The Hall–Kier alpha value is -2.76. The molecule has 0 spiro atoms. The summed E-state index contributed by atoms with van der Waals surface area (Å²) in [5.74, 6) is 0.328. The lowest BCUT2D eigenvalue weighted by atomic mass is 10.2. The molecule has 0 aromatic heterocycles. The van der Waals surface area contributed by atoms with Crippen LogP contribution in [0.2, 0.25) is 0 Å². The van der Waals surface area contributed by atoms with E-state index in [1.807, 2.05) is 6.07 Å². The van der Waals surface area contributed by atoms with Crippen molar-refractivity contribution in [2.24, 2.45) is 0 Å². The van der Waals surface area contributed by atoms with Crippen LogP contribution in [0.4, 0.5) is 11.4 Å². The minimum absolute atomic E-state index is 0.00601. The quantitative estimate of drug-likeness (QED) is 0.804. The number of fused-ring (bicyclic) bond motifs is 1. The molecule has 0 saturated carbocycles. The number of sulfonamides is 1. The minimum atomic E-state index is -3.93. The van der Waals surface area contributed by atoms with E-state index in [2.05, 4.69) is 0 Å². The smallest absolute Gasteiger partial charge is 0.264 e. The average Bonchev–Trinajstić information content (AvgIpc) is 2.60. The van der Waals surface area contributed by atoms with Gasteiger partial charge in [-0.25, -0.2) is 8.42 Å². The number of aliphatic hydroxyl groups is 1. The SMILES string of the molecule is N#Cc1cccc(S(=O)(=O)N2CC(CO)Oc3ccc(N)cc32)c1. The van der Waals surface area contributed by atoms with Crippen LogP contribution in [0.3, 0.4) is 0 Å². The molecule has 1 heterocycles. The highest BCUT2D eigenvalue weighted by molar-refractivity contribution is 7.92. The molecule has 0 amide bonds. The monoisotopic (exact) mass is 345 g/mol. The zero-order valence-electron chi connectivity index (χ0n) is 12.6. The molecule has 2 aromatic rings. The predicted octanol–water partition coefficient (Wildman–Crippen LogP) is 1.09. The lowest BCUT2D eigenvalue weighted by molar-refractivity contribution is 0.116. The van der Waals surface area contributed by atoms with Gasteiger partial charge in [0.15, 0.2) is 0 Å². The van der Waals surface area contributed by atoms with E-state index in [0.717, 1.165) is 4.31 Å². The van der Waals surface area contributed by atoms with E-state index >= 15 is 0 Å². The van der Waals surface area contributed by atoms with Gasteiger partial charge in [0.2, 0.25) is 0 Å². The molecular weight excluding hydrogens is 330 g/mol. The van der Waals surface area contributed by atoms with Crippen molar-refractivity contribution in [2.75, 3.05) is 23.2 Å². The molecule has 1 unspecified atom stereocenters. The Kier molecular flexibility index (Phi) is 4.05. The molecule has 3 rings (SSSR count). The van der Waals surface area contributed by atoms with Crippen molar-refractivity contribution >= 4 is 21.4 Å². The maximum absolute atomic E-state index is 13.0. The molecule has 124 valence electrons. The summed E-state index contributed by atoms with van der Waals surface area (Å²) in [6.07, 6.45) is -0.685. The Morgan fingerprint density at radius 3 is 2.83 bits per heavy atom. The number of nitrogens with zero attached hydrogens (tertiary/aromatic N) is 2. The van der Waals surface area contributed by atoms with Crippen LogP contribution in [0.5, 0.6) is 5.75 Å². The molecule has 1 atom stereocenters. The maximum atomic E-state index is 13.0. The number of benzene rings is 2. The third-order valence-corrected chi connectivity index (χ3v) is 5.45. The number of anilines is 2. The van der Waals surface area contributed by atoms with E-state index in [9.17, 15) is 13.5 Å². The Bertz CT molecular complexity index is 921. The van der Waals surface area contributed by atoms with E-state index in [-0.39, 0.29) is 23.6 Å². The molecule has 0 radical (unpaired) electrons. The maximum Gasteiger partial charge on any atom is 0.264 e. The molecule has 7 nitrogen and oxygen atoms in total. The first-order chi connectivity index (χ1) is 11.5. The molecule has 1 aliphatic rings. The fourth-order valence-corrected chi connectivity index (χ4v) is 4.05. The van der Waals surface area contributed by atoms with Gasteiger partial charge in [-0.2, -0.15) is 5.26 Å². The molecular formula is C16H15N3O4S. The fourth-order valence-electron chi connectivity index (χ4n) is 2.51. The first-order valence-electron chi connectivity index (χ1n) is 7.15. The van der Waals surface area contributed by atoms with Crippen LogP contribution in [0.15, 0.2) is 47.4 Å². The van der Waals surface area contributed by atoms with Crippen molar-refractivity contribution < 1.29 is 18.3 Å². The number of nitrogen functional groups attached to an aromatic ring is 1. The molecule has 8 heteroatoms. The van der Waals surface area contributed by atoms with Crippen molar-refractivity contribution in [3.05, 3.63) is 48.0 Å². The van der Waals surface area contributed by atoms with E-state index in [0.29, 0.717) is 17.1 Å². The summed E-state index contributed by atoms with van der Waals surface area (Å²) in [7, 11) is -3.93. The third kappa shape index (κ3) is 2.75. The number of nitriles is 1. The van der Waals surface area contributed by atoms with Gasteiger partial charge in [-0.3, -0.25) is 4.31 Å². The second-order valence-corrected chi connectivity index (χ2v) is 7.19. The summed E-state index contributed by atoms with van der Waals surface area (Å²) in [6, 6.07) is 12.4. The van der Waals surface area contributed by atoms with Crippen LogP contribution < -0.4 is 14.8 Å². The number of aliphatic hydroxyl groups excluding tert-OH is 1. The largest absolute Gasteiger partial charge is 0.484 e. The highest BCUT2D eigenvalue weighted by Gasteiger charge is 2.34. The van der Waals surface area contributed by atoms with Crippen molar-refractivity contribution in [3.8, 4) is 11.8 Å². The van der Waals surface area contributed by atoms with Crippen LogP contribution in [0, 0.1) is 11.3 Å². The van der Waals surface area contributed by atoms with Gasteiger partial charge in [-0.15, -0.1) is 0 Å². The molecule has 0 aliphatic carbocycles. The van der Waals surface area contributed by atoms with Gasteiger partial charge in [0, 0.05) is 5.69 Å². The second kappa shape index (κ2) is 6.03. The Labute approximate surface area is 139 Å². The van der Waals surface area contributed by atoms with Crippen molar-refractivity contribution in [1.82, 2.24) is 0 Å². The summed E-state index contributed by atoms with van der Waals surface area (Å²) in [4.78, 5) is -0.00601. The van der Waals surface area contributed by atoms with Crippen LogP contribution in [0.25, 0.3) is 0 Å². The van der Waals surface area contributed by atoms with Crippen LogP contribution >= 0.6 is 0 Å². The summed E-state index contributed by atoms with van der Waals surface area (Å²) < 4.78 is 32.8. The summed E-state index contributed by atoms with van der Waals surface area (Å²) in [5.41, 5.74) is 6.72. The van der Waals surface area contributed by atoms with Gasteiger partial charge in [0.1, 0.15) is 11.9 Å². The highest BCUT2D eigenvalue weighted by atomic mass is 32.2. The average molecular weight is 345 g/mol. The number of rotatable bonds is 3. The molecule has 0 saturated heterocycles. The van der Waals surface area contributed by atoms with E-state index in [1.54, 1.807) is 12.1 Å². The molecule has 0 bridgehead atoms. The van der Waals surface area contributed by atoms with Gasteiger partial charge in [0.25, 0.3) is 10.0 Å². The summed E-state index contributed by atoms with van der Waals surface area (Å²) in [5, 5.41) is 18.4. The van der Waals surface area contributed by atoms with Gasteiger partial charge in [-0.05, 0) is 36.4 Å². The molecule has 3 N–H and O–H groups in total. The lowest BCUT2D eigenvalue weighted by Gasteiger charge is -2.34. The van der Waals surface area contributed by atoms with Gasteiger partial charge in [0.05, 0.1) is 35.4 Å². The minimum Gasteiger partial charge on any atom is -0.484 e. The van der Waals surface area contributed by atoms with Gasteiger partial charge >= 0.3 is 0 Å². The molecule has 2 aromatic carbocycles. The van der Waals surface area contributed by atoms with Gasteiger partial charge < -0.3 is 15.6 Å². The standard InChI is InChI=1S/C16H15N3O4S/c17-8-11-2-1-3-14(6-11)24(21,22)19-9-13(10-20)23-16-5-4-12(18)7-15(16)19/h1-7,13,20H,9-10,18H2. The summed E-state index contributed by atoms with van der Waals surface area (Å²) in [6.45, 7) is -0.375. The normalized spacial score (nSPS) is 16.8. The summed E-state index contributed by atoms with van der Waals surface area (Å²) >= 11 is 0. The Morgan fingerprint density at radius 2 is 2.12 bits per heavy atom. The van der Waals surface area contributed by atoms with Crippen molar-refractivity contribution in [1.29, 1.82) is 5.26 Å². The lowest BCUT2D eigenvalue weighted by Crippen LogP contribution is -2.45. The topological polar surface area (TPSA) is 117 Å². The third-order valence-electron chi connectivity index (χ3n) is 3.67. The zero-order valence-corrected chi connectivity index (χ0v) is 13.4. The predicted molar refractivity (Wildman–Crippen MR) is 88.0 cm³/mol. The Morgan fingerprint density at radius 1 is 1.33 bits per heavy atom.